The first kappa shape index (κ1) is 15.5. The van der Waals surface area contributed by atoms with Crippen molar-refractivity contribution in [3.05, 3.63) is 23.9 Å². The Morgan fingerprint density at radius 2 is 2.16 bits per heavy atom. The molecule has 4 heteroatoms. The number of amides is 1. The van der Waals surface area contributed by atoms with Gasteiger partial charge in [0.1, 0.15) is 5.82 Å². The summed E-state index contributed by atoms with van der Waals surface area (Å²) in [6, 6.07) is 3.55. The molecule has 0 aromatic carbocycles. The Morgan fingerprint density at radius 1 is 1.37 bits per heavy atom. The second-order valence-electron chi connectivity index (χ2n) is 5.15. The number of hydrogen-bond acceptors (Lipinski definition) is 3. The molecule has 0 atom stereocenters. The minimum Gasteiger partial charge on any atom is -0.370 e. The number of anilines is 1. The Morgan fingerprint density at radius 3 is 2.84 bits per heavy atom. The first-order valence-electron chi connectivity index (χ1n) is 7.11. The summed E-state index contributed by atoms with van der Waals surface area (Å²) in [5, 5.41) is 6.15. The van der Waals surface area contributed by atoms with E-state index in [4.69, 9.17) is 0 Å². The van der Waals surface area contributed by atoms with Gasteiger partial charge in [-0.25, -0.2) is 4.98 Å². The zero-order valence-corrected chi connectivity index (χ0v) is 12.2. The van der Waals surface area contributed by atoms with Crippen LogP contribution in [0, 0.1) is 5.92 Å². The molecule has 0 unspecified atom stereocenters. The van der Waals surface area contributed by atoms with E-state index in [1.807, 2.05) is 0 Å². The zero-order valence-electron chi connectivity index (χ0n) is 12.2. The highest BCUT2D eigenvalue weighted by Gasteiger charge is 2.06. The minimum absolute atomic E-state index is 0.0263. The molecular formula is C15H25N3O. The quantitative estimate of drug-likeness (QED) is 0.709. The Balaban J connectivity index is 2.48. The lowest BCUT2D eigenvalue weighted by Crippen LogP contribution is -2.25. The van der Waals surface area contributed by atoms with E-state index in [9.17, 15) is 4.79 Å². The first-order valence-corrected chi connectivity index (χ1v) is 7.11. The van der Waals surface area contributed by atoms with E-state index in [0.29, 0.717) is 11.5 Å². The van der Waals surface area contributed by atoms with Crippen molar-refractivity contribution in [3.63, 3.8) is 0 Å². The summed E-state index contributed by atoms with van der Waals surface area (Å²) in [7, 11) is 0. The number of carbonyl (C=O) groups is 1. The largest absolute Gasteiger partial charge is 0.370 e. The van der Waals surface area contributed by atoms with Crippen LogP contribution in [0.1, 0.15) is 50.4 Å². The number of unbranched alkanes of at least 4 members (excludes halogenated alkanes) is 1. The van der Waals surface area contributed by atoms with Gasteiger partial charge in [0, 0.05) is 24.8 Å². The van der Waals surface area contributed by atoms with Crippen molar-refractivity contribution in [2.45, 2.75) is 40.0 Å². The van der Waals surface area contributed by atoms with Gasteiger partial charge in [-0.05, 0) is 30.9 Å². The number of carbonyl (C=O) groups excluding carboxylic acids is 1. The van der Waals surface area contributed by atoms with Gasteiger partial charge in [-0.1, -0.05) is 27.2 Å². The number of pyridine rings is 1. The van der Waals surface area contributed by atoms with Crippen LogP contribution >= 0.6 is 0 Å². The highest BCUT2D eigenvalue weighted by atomic mass is 16.1. The first-order chi connectivity index (χ1) is 9.13. The van der Waals surface area contributed by atoms with Crippen LogP contribution in [0.4, 0.5) is 5.82 Å². The van der Waals surface area contributed by atoms with Crippen LogP contribution in [0.5, 0.6) is 0 Å². The molecule has 1 aromatic heterocycles. The van der Waals surface area contributed by atoms with Gasteiger partial charge in [0.25, 0.3) is 5.91 Å². The van der Waals surface area contributed by atoms with Crippen molar-refractivity contribution in [3.8, 4) is 0 Å². The average molecular weight is 263 g/mol. The summed E-state index contributed by atoms with van der Waals surface area (Å²) in [6.45, 7) is 8.05. The summed E-state index contributed by atoms with van der Waals surface area (Å²) in [5.74, 6) is 1.34. The third kappa shape index (κ3) is 6.22. The Bertz CT molecular complexity index is 391. The summed E-state index contributed by atoms with van der Waals surface area (Å²) >= 11 is 0. The van der Waals surface area contributed by atoms with Crippen LogP contribution in [0.15, 0.2) is 18.3 Å². The number of aromatic nitrogens is 1. The lowest BCUT2D eigenvalue weighted by molar-refractivity contribution is 0.0952. The van der Waals surface area contributed by atoms with Crippen molar-refractivity contribution in [2.24, 2.45) is 5.92 Å². The molecule has 0 saturated heterocycles. The molecular weight excluding hydrogens is 238 g/mol. The van der Waals surface area contributed by atoms with Crippen LogP contribution in [-0.4, -0.2) is 24.0 Å². The fourth-order valence-electron chi connectivity index (χ4n) is 1.64. The van der Waals surface area contributed by atoms with E-state index in [-0.39, 0.29) is 5.91 Å². The maximum atomic E-state index is 11.9. The molecule has 2 N–H and O–H groups in total. The molecule has 0 spiro atoms. The molecule has 1 amide bonds. The fraction of sp³-hybridized carbons (Fsp3) is 0.600. The Hall–Kier alpha value is -1.58. The molecule has 0 bridgehead atoms. The van der Waals surface area contributed by atoms with Gasteiger partial charge in [0.15, 0.2) is 0 Å². The van der Waals surface area contributed by atoms with Crippen LogP contribution in [0.2, 0.25) is 0 Å². The molecule has 0 aliphatic carbocycles. The molecule has 106 valence electrons. The summed E-state index contributed by atoms with van der Waals surface area (Å²) in [6.07, 6.45) is 4.92. The predicted molar refractivity (Wildman–Crippen MR) is 79.4 cm³/mol. The fourth-order valence-corrected chi connectivity index (χ4v) is 1.64. The predicted octanol–water partition coefficient (Wildman–Crippen LogP) is 3.07. The van der Waals surface area contributed by atoms with Gasteiger partial charge in [0.2, 0.25) is 0 Å². The summed E-state index contributed by atoms with van der Waals surface area (Å²) < 4.78 is 0. The number of rotatable bonds is 8. The van der Waals surface area contributed by atoms with E-state index >= 15 is 0 Å². The van der Waals surface area contributed by atoms with E-state index in [1.165, 1.54) is 0 Å². The lowest BCUT2D eigenvalue weighted by atomic mass is 10.1. The van der Waals surface area contributed by atoms with Gasteiger partial charge in [-0.2, -0.15) is 0 Å². The van der Waals surface area contributed by atoms with Crippen LogP contribution in [0.3, 0.4) is 0 Å². The average Bonchev–Trinajstić information content (AvgIpc) is 2.39. The second-order valence-corrected chi connectivity index (χ2v) is 5.15. The Labute approximate surface area is 116 Å². The van der Waals surface area contributed by atoms with E-state index in [1.54, 1.807) is 18.3 Å². The van der Waals surface area contributed by atoms with Crippen LogP contribution in [0.25, 0.3) is 0 Å². The number of nitrogens with zero attached hydrogens (tertiary/aromatic N) is 1. The molecule has 1 rings (SSSR count). The SMILES string of the molecule is CCCCNc1cc(C(=O)NCCC(C)C)ccn1. The third-order valence-electron chi connectivity index (χ3n) is 2.87. The second kappa shape index (κ2) is 8.51. The van der Waals surface area contributed by atoms with Crippen LogP contribution in [-0.2, 0) is 0 Å². The van der Waals surface area contributed by atoms with Gasteiger partial charge >= 0.3 is 0 Å². The molecule has 19 heavy (non-hydrogen) atoms. The van der Waals surface area contributed by atoms with Crippen molar-refractivity contribution >= 4 is 11.7 Å². The smallest absolute Gasteiger partial charge is 0.251 e. The molecule has 4 nitrogen and oxygen atoms in total. The topological polar surface area (TPSA) is 54.0 Å². The van der Waals surface area contributed by atoms with Crippen LogP contribution < -0.4 is 10.6 Å². The maximum absolute atomic E-state index is 11.9. The van der Waals surface area contributed by atoms with E-state index in [0.717, 1.165) is 38.2 Å². The lowest BCUT2D eigenvalue weighted by Gasteiger charge is -2.09. The molecule has 0 radical (unpaired) electrons. The molecule has 0 saturated carbocycles. The third-order valence-corrected chi connectivity index (χ3v) is 2.87. The van der Waals surface area contributed by atoms with Crippen molar-refractivity contribution in [1.29, 1.82) is 0 Å². The number of hydrogen-bond donors (Lipinski definition) is 2. The zero-order chi connectivity index (χ0) is 14.1. The standard InChI is InChI=1S/C15H25N3O/c1-4-5-8-16-14-11-13(7-10-17-14)15(19)18-9-6-12(2)3/h7,10-12H,4-6,8-9H2,1-3H3,(H,16,17)(H,18,19). The monoisotopic (exact) mass is 263 g/mol. The normalized spacial score (nSPS) is 10.5. The molecule has 1 heterocycles. The van der Waals surface area contributed by atoms with Gasteiger partial charge in [-0.3, -0.25) is 4.79 Å². The maximum Gasteiger partial charge on any atom is 0.251 e. The highest BCUT2D eigenvalue weighted by Crippen LogP contribution is 2.07. The molecule has 0 fully saturated rings. The van der Waals surface area contributed by atoms with E-state index < -0.39 is 0 Å². The highest BCUT2D eigenvalue weighted by molar-refractivity contribution is 5.94. The summed E-state index contributed by atoms with van der Waals surface area (Å²) in [5.41, 5.74) is 0.665. The van der Waals surface area contributed by atoms with Gasteiger partial charge in [-0.15, -0.1) is 0 Å². The molecule has 0 aliphatic rings. The molecule has 0 aliphatic heterocycles. The van der Waals surface area contributed by atoms with E-state index in [2.05, 4.69) is 36.4 Å². The minimum atomic E-state index is -0.0263. The van der Waals surface area contributed by atoms with Crippen molar-refractivity contribution < 1.29 is 4.79 Å². The number of nitrogens with one attached hydrogen (secondary N) is 2. The van der Waals surface area contributed by atoms with Crippen molar-refractivity contribution in [1.82, 2.24) is 10.3 Å². The van der Waals surface area contributed by atoms with Crippen molar-refractivity contribution in [2.75, 3.05) is 18.4 Å². The molecule has 1 aromatic rings. The van der Waals surface area contributed by atoms with Gasteiger partial charge in [0.05, 0.1) is 0 Å². The Kier molecular flexibility index (Phi) is 6.93. The summed E-state index contributed by atoms with van der Waals surface area (Å²) in [4.78, 5) is 16.2. The van der Waals surface area contributed by atoms with Gasteiger partial charge < -0.3 is 10.6 Å².